The summed E-state index contributed by atoms with van der Waals surface area (Å²) in [6.45, 7) is 1.28. The molecule has 0 aromatic rings. The Kier molecular flexibility index (Phi) is 2.33. The van der Waals surface area contributed by atoms with E-state index in [-0.39, 0.29) is 18.7 Å². The standard InChI is InChI=1S/C12H14O4/c13-4-3-7-8(11-6-15-11)1-2-9-10(7)5-16-12(9)14/h2,8,11,13H,1,3-6H2. The van der Waals surface area contributed by atoms with Crippen LogP contribution in [0.15, 0.2) is 22.8 Å². The van der Waals surface area contributed by atoms with Gasteiger partial charge in [-0.3, -0.25) is 0 Å². The Hall–Kier alpha value is -1.13. The number of carbonyl (C=O) groups excluding carboxylic acids is 1. The van der Waals surface area contributed by atoms with Crippen LogP contribution < -0.4 is 0 Å². The van der Waals surface area contributed by atoms with Gasteiger partial charge in [0.05, 0.1) is 18.3 Å². The molecule has 2 fully saturated rings. The first-order valence-corrected chi connectivity index (χ1v) is 5.63. The summed E-state index contributed by atoms with van der Waals surface area (Å²) < 4.78 is 10.4. The fourth-order valence-corrected chi connectivity index (χ4v) is 2.62. The summed E-state index contributed by atoms with van der Waals surface area (Å²) in [4.78, 5) is 11.4. The molecule has 2 atom stereocenters. The van der Waals surface area contributed by atoms with E-state index in [4.69, 9.17) is 14.6 Å². The highest BCUT2D eigenvalue weighted by Gasteiger charge is 2.40. The number of cyclic esters (lactones) is 1. The molecule has 0 saturated carbocycles. The minimum atomic E-state index is -0.222. The molecule has 2 aliphatic heterocycles. The fourth-order valence-electron chi connectivity index (χ4n) is 2.62. The Bertz CT molecular complexity index is 390. The number of allylic oxidation sites excluding steroid dienone is 1. The molecular formula is C12H14O4. The van der Waals surface area contributed by atoms with Gasteiger partial charge in [-0.05, 0) is 12.8 Å². The second-order valence-electron chi connectivity index (χ2n) is 4.39. The second kappa shape index (κ2) is 3.71. The molecule has 0 bridgehead atoms. The van der Waals surface area contributed by atoms with Crippen molar-refractivity contribution in [3.8, 4) is 0 Å². The molecule has 3 rings (SSSR count). The van der Waals surface area contributed by atoms with Crippen molar-refractivity contribution in [2.24, 2.45) is 5.92 Å². The van der Waals surface area contributed by atoms with Gasteiger partial charge in [0, 0.05) is 18.1 Å². The Morgan fingerprint density at radius 3 is 3.00 bits per heavy atom. The zero-order valence-corrected chi connectivity index (χ0v) is 8.94. The van der Waals surface area contributed by atoms with Gasteiger partial charge >= 0.3 is 5.97 Å². The van der Waals surface area contributed by atoms with Crippen molar-refractivity contribution < 1.29 is 19.4 Å². The molecule has 2 unspecified atom stereocenters. The second-order valence-corrected chi connectivity index (χ2v) is 4.39. The number of ether oxygens (including phenoxy) is 2. The van der Waals surface area contributed by atoms with Crippen LogP contribution >= 0.6 is 0 Å². The fraction of sp³-hybridized carbons (Fsp3) is 0.583. The first kappa shape index (κ1) is 10.1. The highest BCUT2D eigenvalue weighted by atomic mass is 16.6. The molecule has 4 nitrogen and oxygen atoms in total. The summed E-state index contributed by atoms with van der Waals surface area (Å²) in [7, 11) is 0. The van der Waals surface area contributed by atoms with Crippen molar-refractivity contribution in [3.05, 3.63) is 22.8 Å². The zero-order valence-electron chi connectivity index (χ0n) is 8.94. The van der Waals surface area contributed by atoms with E-state index in [0.29, 0.717) is 24.5 Å². The molecule has 4 heteroatoms. The Balaban J connectivity index is 1.96. The number of fused-ring (bicyclic) bond motifs is 1. The van der Waals surface area contributed by atoms with Gasteiger partial charge in [0.2, 0.25) is 0 Å². The summed E-state index contributed by atoms with van der Waals surface area (Å²) in [5, 5.41) is 9.10. The highest BCUT2D eigenvalue weighted by molar-refractivity contribution is 5.97. The maximum Gasteiger partial charge on any atom is 0.338 e. The molecule has 0 amide bonds. The van der Waals surface area contributed by atoms with Gasteiger partial charge in [0.1, 0.15) is 6.61 Å². The van der Waals surface area contributed by atoms with E-state index in [0.717, 1.165) is 24.2 Å². The predicted octanol–water partition coefficient (Wildman–Crippen LogP) is 0.567. The van der Waals surface area contributed by atoms with Crippen LogP contribution in [0.5, 0.6) is 0 Å². The number of aliphatic hydroxyl groups excluding tert-OH is 1. The molecule has 16 heavy (non-hydrogen) atoms. The summed E-state index contributed by atoms with van der Waals surface area (Å²) in [6.07, 6.45) is 3.68. The van der Waals surface area contributed by atoms with Gasteiger partial charge in [-0.15, -0.1) is 0 Å². The topological polar surface area (TPSA) is 59.1 Å². The lowest BCUT2D eigenvalue weighted by molar-refractivity contribution is -0.135. The van der Waals surface area contributed by atoms with E-state index in [9.17, 15) is 4.79 Å². The summed E-state index contributed by atoms with van der Waals surface area (Å²) in [6, 6.07) is 0. The molecule has 1 aliphatic carbocycles. The SMILES string of the molecule is O=C1OCC2=C(CCO)C(C3CO3)CC=C12. The van der Waals surface area contributed by atoms with Crippen LogP contribution in [0.4, 0.5) is 0 Å². The third kappa shape index (κ3) is 1.49. The smallest absolute Gasteiger partial charge is 0.338 e. The first-order valence-electron chi connectivity index (χ1n) is 5.63. The zero-order chi connectivity index (χ0) is 11.1. The largest absolute Gasteiger partial charge is 0.457 e. The number of hydrogen-bond donors (Lipinski definition) is 1. The molecule has 2 heterocycles. The average molecular weight is 222 g/mol. The number of carbonyl (C=O) groups is 1. The van der Waals surface area contributed by atoms with Gasteiger partial charge in [0.25, 0.3) is 0 Å². The number of epoxide rings is 1. The molecular weight excluding hydrogens is 208 g/mol. The number of hydrogen-bond acceptors (Lipinski definition) is 4. The lowest BCUT2D eigenvalue weighted by atomic mass is 9.80. The molecule has 3 aliphatic rings. The van der Waals surface area contributed by atoms with E-state index in [1.54, 1.807) is 0 Å². The van der Waals surface area contributed by atoms with Crippen molar-refractivity contribution in [1.82, 2.24) is 0 Å². The number of aliphatic hydroxyl groups is 1. The van der Waals surface area contributed by atoms with Crippen molar-refractivity contribution in [1.29, 1.82) is 0 Å². The maximum absolute atomic E-state index is 11.4. The third-order valence-electron chi connectivity index (χ3n) is 3.49. The van der Waals surface area contributed by atoms with Gasteiger partial charge < -0.3 is 14.6 Å². The maximum atomic E-state index is 11.4. The molecule has 0 radical (unpaired) electrons. The lowest BCUT2D eigenvalue weighted by Crippen LogP contribution is -2.18. The molecule has 0 aromatic heterocycles. The Morgan fingerprint density at radius 1 is 1.50 bits per heavy atom. The Morgan fingerprint density at radius 2 is 2.31 bits per heavy atom. The lowest BCUT2D eigenvalue weighted by Gasteiger charge is -2.22. The van der Waals surface area contributed by atoms with Crippen molar-refractivity contribution in [2.75, 3.05) is 19.8 Å². The number of rotatable bonds is 3. The van der Waals surface area contributed by atoms with Crippen molar-refractivity contribution >= 4 is 5.97 Å². The average Bonchev–Trinajstić information content (AvgIpc) is 3.05. The monoisotopic (exact) mass is 222 g/mol. The van der Waals surface area contributed by atoms with Crippen LogP contribution in [0, 0.1) is 5.92 Å². The molecule has 2 saturated heterocycles. The van der Waals surface area contributed by atoms with E-state index in [1.807, 2.05) is 6.08 Å². The normalized spacial score (nSPS) is 32.3. The third-order valence-corrected chi connectivity index (χ3v) is 3.49. The van der Waals surface area contributed by atoms with Gasteiger partial charge in [-0.25, -0.2) is 4.79 Å². The van der Waals surface area contributed by atoms with Crippen LogP contribution in [-0.4, -0.2) is 37.0 Å². The van der Waals surface area contributed by atoms with Crippen LogP contribution in [0.3, 0.4) is 0 Å². The van der Waals surface area contributed by atoms with Crippen molar-refractivity contribution in [2.45, 2.75) is 18.9 Å². The minimum absolute atomic E-state index is 0.115. The summed E-state index contributed by atoms with van der Waals surface area (Å²) >= 11 is 0. The summed E-state index contributed by atoms with van der Waals surface area (Å²) in [5.74, 6) is 0.112. The van der Waals surface area contributed by atoms with Crippen molar-refractivity contribution in [3.63, 3.8) is 0 Å². The van der Waals surface area contributed by atoms with Gasteiger partial charge in [-0.2, -0.15) is 0 Å². The minimum Gasteiger partial charge on any atom is -0.457 e. The van der Waals surface area contributed by atoms with E-state index in [1.165, 1.54) is 0 Å². The van der Waals surface area contributed by atoms with Gasteiger partial charge in [0.15, 0.2) is 0 Å². The van der Waals surface area contributed by atoms with Crippen LogP contribution in [0.2, 0.25) is 0 Å². The Labute approximate surface area is 93.5 Å². The van der Waals surface area contributed by atoms with E-state index >= 15 is 0 Å². The highest BCUT2D eigenvalue weighted by Crippen LogP contribution is 2.41. The van der Waals surface area contributed by atoms with Crippen LogP contribution in [0.25, 0.3) is 0 Å². The van der Waals surface area contributed by atoms with E-state index < -0.39 is 0 Å². The predicted molar refractivity (Wildman–Crippen MR) is 55.6 cm³/mol. The summed E-state index contributed by atoms with van der Waals surface area (Å²) in [5.41, 5.74) is 2.86. The van der Waals surface area contributed by atoms with Crippen LogP contribution in [0.1, 0.15) is 12.8 Å². The van der Waals surface area contributed by atoms with E-state index in [2.05, 4.69) is 0 Å². The number of esters is 1. The molecule has 86 valence electrons. The molecule has 1 N–H and O–H groups in total. The quantitative estimate of drug-likeness (QED) is 0.560. The first-order chi connectivity index (χ1) is 7.81. The molecule has 0 spiro atoms. The molecule has 0 aromatic carbocycles. The van der Waals surface area contributed by atoms with Gasteiger partial charge in [-0.1, -0.05) is 11.6 Å². The van der Waals surface area contributed by atoms with Crippen LogP contribution in [-0.2, 0) is 14.3 Å².